The van der Waals surface area contributed by atoms with E-state index in [1.807, 2.05) is 61.5 Å². The second kappa shape index (κ2) is 10.6. The van der Waals surface area contributed by atoms with E-state index in [0.29, 0.717) is 26.2 Å². The molecule has 1 aliphatic rings. The summed E-state index contributed by atoms with van der Waals surface area (Å²) in [6.07, 6.45) is 0. The van der Waals surface area contributed by atoms with E-state index in [9.17, 15) is 4.79 Å². The highest BCUT2D eigenvalue weighted by molar-refractivity contribution is 5.88. The summed E-state index contributed by atoms with van der Waals surface area (Å²) in [6, 6.07) is 24.3. The van der Waals surface area contributed by atoms with Crippen LogP contribution in [0.3, 0.4) is 0 Å². The van der Waals surface area contributed by atoms with Gasteiger partial charge in [-0.05, 0) is 29.7 Å². The molecule has 6 heteroatoms. The van der Waals surface area contributed by atoms with Gasteiger partial charge >= 0.3 is 0 Å². The third-order valence-corrected chi connectivity index (χ3v) is 6.16. The summed E-state index contributed by atoms with van der Waals surface area (Å²) in [5.74, 6) is 0.771. The van der Waals surface area contributed by atoms with Crippen molar-refractivity contribution in [3.63, 3.8) is 0 Å². The summed E-state index contributed by atoms with van der Waals surface area (Å²) < 4.78 is 5.29. The molecule has 0 aliphatic carbocycles. The molecule has 2 aromatic carbocycles. The molecular weight excluding hydrogens is 412 g/mol. The van der Waals surface area contributed by atoms with Gasteiger partial charge in [0.2, 0.25) is 5.91 Å². The maximum Gasteiger partial charge on any atom is 0.233 e. The third kappa shape index (κ3) is 5.59. The van der Waals surface area contributed by atoms with Gasteiger partial charge in [0.05, 0.1) is 12.3 Å². The summed E-state index contributed by atoms with van der Waals surface area (Å²) in [7, 11) is 1.70. The van der Waals surface area contributed by atoms with Crippen molar-refractivity contribution in [2.45, 2.75) is 32.0 Å². The molecular formula is C27H32N4O2. The summed E-state index contributed by atoms with van der Waals surface area (Å²) in [5.41, 5.74) is 3.43. The standard InChI is InChI=1S/C27H32N4O2/c1-27(26(32)29-18-22-11-7-4-8-12-22)20-31(15-16-33-2)19-23-13-14-24(30-25(23)27)28-17-21-9-5-3-6-10-21/h3-14H,15-20H2,1-2H3,(H,28,30)(H,29,32). The van der Waals surface area contributed by atoms with Crippen molar-refractivity contribution in [3.8, 4) is 0 Å². The molecule has 3 aromatic rings. The fourth-order valence-electron chi connectivity index (χ4n) is 4.33. The van der Waals surface area contributed by atoms with Crippen molar-refractivity contribution >= 4 is 11.7 Å². The number of nitrogens with zero attached hydrogens (tertiary/aromatic N) is 2. The van der Waals surface area contributed by atoms with Crippen molar-refractivity contribution in [2.24, 2.45) is 0 Å². The van der Waals surface area contributed by atoms with Crippen molar-refractivity contribution in [3.05, 3.63) is 95.2 Å². The normalized spacial score (nSPS) is 17.9. The lowest BCUT2D eigenvalue weighted by Crippen LogP contribution is -2.53. The minimum atomic E-state index is -0.763. The first-order valence-corrected chi connectivity index (χ1v) is 11.4. The highest BCUT2D eigenvalue weighted by atomic mass is 16.5. The molecule has 1 aliphatic heterocycles. The van der Waals surface area contributed by atoms with Gasteiger partial charge in [0.25, 0.3) is 0 Å². The average Bonchev–Trinajstić information content (AvgIpc) is 2.86. The van der Waals surface area contributed by atoms with Crippen molar-refractivity contribution in [1.29, 1.82) is 0 Å². The van der Waals surface area contributed by atoms with Crippen LogP contribution in [0.5, 0.6) is 0 Å². The zero-order valence-corrected chi connectivity index (χ0v) is 19.4. The first kappa shape index (κ1) is 23.0. The van der Waals surface area contributed by atoms with E-state index >= 15 is 0 Å². The topological polar surface area (TPSA) is 66.5 Å². The smallest absolute Gasteiger partial charge is 0.233 e. The number of anilines is 1. The van der Waals surface area contributed by atoms with E-state index in [1.165, 1.54) is 5.56 Å². The largest absolute Gasteiger partial charge is 0.383 e. The number of benzene rings is 2. The van der Waals surface area contributed by atoms with Crippen LogP contribution in [0.15, 0.2) is 72.8 Å². The molecule has 1 atom stereocenters. The first-order chi connectivity index (χ1) is 16.1. The number of fused-ring (bicyclic) bond motifs is 1. The highest BCUT2D eigenvalue weighted by Gasteiger charge is 2.43. The Morgan fingerprint density at radius 1 is 1.00 bits per heavy atom. The molecule has 6 nitrogen and oxygen atoms in total. The molecule has 33 heavy (non-hydrogen) atoms. The van der Waals surface area contributed by atoms with Crippen LogP contribution in [-0.4, -0.2) is 42.6 Å². The van der Waals surface area contributed by atoms with E-state index < -0.39 is 5.41 Å². The highest BCUT2D eigenvalue weighted by Crippen LogP contribution is 2.34. The molecule has 1 aromatic heterocycles. The second-order valence-corrected chi connectivity index (χ2v) is 8.75. The SMILES string of the molecule is COCCN1Cc2ccc(NCc3ccccc3)nc2C(C)(C(=O)NCc2ccccc2)C1. The molecule has 172 valence electrons. The summed E-state index contributed by atoms with van der Waals surface area (Å²) in [6.45, 7) is 5.93. The number of pyridine rings is 1. The summed E-state index contributed by atoms with van der Waals surface area (Å²) in [4.78, 5) is 20.7. The number of nitrogens with one attached hydrogen (secondary N) is 2. The Morgan fingerprint density at radius 3 is 2.33 bits per heavy atom. The zero-order valence-electron chi connectivity index (χ0n) is 19.4. The number of methoxy groups -OCH3 is 1. The van der Waals surface area contributed by atoms with Gasteiger partial charge < -0.3 is 15.4 Å². The van der Waals surface area contributed by atoms with Crippen molar-refractivity contribution in [1.82, 2.24) is 15.2 Å². The Balaban J connectivity index is 1.56. The Bertz CT molecular complexity index is 1060. The molecule has 0 radical (unpaired) electrons. The third-order valence-electron chi connectivity index (χ3n) is 6.16. The maximum absolute atomic E-state index is 13.5. The number of hydrogen-bond donors (Lipinski definition) is 2. The van der Waals surface area contributed by atoms with Crippen LogP contribution in [0.2, 0.25) is 0 Å². The van der Waals surface area contributed by atoms with Crippen LogP contribution in [0.1, 0.15) is 29.3 Å². The summed E-state index contributed by atoms with van der Waals surface area (Å²) in [5, 5.41) is 6.56. The van der Waals surface area contributed by atoms with Crippen molar-refractivity contribution in [2.75, 3.05) is 32.1 Å². The molecule has 0 spiro atoms. The summed E-state index contributed by atoms with van der Waals surface area (Å²) >= 11 is 0. The van der Waals surface area contributed by atoms with Crippen LogP contribution < -0.4 is 10.6 Å². The van der Waals surface area contributed by atoms with Crippen LogP contribution in [0, 0.1) is 0 Å². The molecule has 0 saturated heterocycles. The number of aromatic nitrogens is 1. The predicted octanol–water partition coefficient (Wildman–Crippen LogP) is 3.73. The lowest BCUT2D eigenvalue weighted by molar-refractivity contribution is -0.128. The van der Waals surface area contributed by atoms with E-state index in [0.717, 1.165) is 35.7 Å². The van der Waals surface area contributed by atoms with E-state index in [1.54, 1.807) is 7.11 Å². The van der Waals surface area contributed by atoms with E-state index in [2.05, 4.69) is 33.7 Å². The molecule has 0 fully saturated rings. The lowest BCUT2D eigenvalue weighted by atomic mass is 9.79. The van der Waals surface area contributed by atoms with Crippen LogP contribution in [0.4, 0.5) is 5.82 Å². The molecule has 2 N–H and O–H groups in total. The molecule has 1 amide bonds. The average molecular weight is 445 g/mol. The Morgan fingerprint density at radius 2 is 1.67 bits per heavy atom. The van der Waals surface area contributed by atoms with Crippen LogP contribution >= 0.6 is 0 Å². The molecule has 4 rings (SSSR count). The minimum Gasteiger partial charge on any atom is -0.383 e. The van der Waals surface area contributed by atoms with Gasteiger partial charge in [-0.2, -0.15) is 0 Å². The Labute approximate surface area is 196 Å². The second-order valence-electron chi connectivity index (χ2n) is 8.75. The number of rotatable bonds is 9. The van der Waals surface area contributed by atoms with Gasteiger partial charge in [0, 0.05) is 39.8 Å². The van der Waals surface area contributed by atoms with Gasteiger partial charge in [-0.25, -0.2) is 4.98 Å². The number of ether oxygens (including phenoxy) is 1. The number of hydrogen-bond acceptors (Lipinski definition) is 5. The monoisotopic (exact) mass is 444 g/mol. The van der Waals surface area contributed by atoms with Gasteiger partial charge in [-0.3, -0.25) is 9.69 Å². The van der Waals surface area contributed by atoms with Crippen LogP contribution in [0.25, 0.3) is 0 Å². The maximum atomic E-state index is 13.5. The van der Waals surface area contributed by atoms with Gasteiger partial charge in [-0.15, -0.1) is 0 Å². The molecule has 0 bridgehead atoms. The predicted molar refractivity (Wildman–Crippen MR) is 131 cm³/mol. The van der Waals surface area contributed by atoms with E-state index in [4.69, 9.17) is 9.72 Å². The molecule has 2 heterocycles. The number of carbonyl (C=O) groups is 1. The zero-order chi connectivity index (χ0) is 23.1. The van der Waals surface area contributed by atoms with Gasteiger partial charge in [-0.1, -0.05) is 66.7 Å². The van der Waals surface area contributed by atoms with Gasteiger partial charge in [0.1, 0.15) is 11.2 Å². The Kier molecular flexibility index (Phi) is 7.37. The molecule has 0 saturated carbocycles. The first-order valence-electron chi connectivity index (χ1n) is 11.4. The molecule has 1 unspecified atom stereocenters. The quantitative estimate of drug-likeness (QED) is 0.527. The van der Waals surface area contributed by atoms with Crippen molar-refractivity contribution < 1.29 is 9.53 Å². The van der Waals surface area contributed by atoms with E-state index in [-0.39, 0.29) is 5.91 Å². The number of carbonyl (C=O) groups excluding carboxylic acids is 1. The van der Waals surface area contributed by atoms with Gasteiger partial charge in [0.15, 0.2) is 0 Å². The fourth-order valence-corrected chi connectivity index (χ4v) is 4.33. The Hall–Kier alpha value is -3.22. The number of amides is 1. The minimum absolute atomic E-state index is 0.0116. The fraction of sp³-hybridized carbons (Fsp3) is 0.333. The lowest BCUT2D eigenvalue weighted by Gasteiger charge is -2.40. The van der Waals surface area contributed by atoms with Crippen LogP contribution in [-0.2, 0) is 34.6 Å².